The van der Waals surface area contributed by atoms with E-state index < -0.39 is 6.09 Å². The zero-order valence-corrected chi connectivity index (χ0v) is 11.6. The first-order chi connectivity index (χ1) is 10.7. The molecule has 0 atom stereocenters. The largest absolute Gasteiger partial charge is 0.453 e. The molecule has 7 nitrogen and oxygen atoms in total. The molecule has 0 radical (unpaired) electrons. The van der Waals surface area contributed by atoms with Crippen LogP contribution in [0.15, 0.2) is 42.6 Å². The maximum Gasteiger partial charge on any atom is 0.413 e. The Bertz CT molecular complexity index is 894. The van der Waals surface area contributed by atoms with Crippen LogP contribution in [0.25, 0.3) is 16.8 Å². The summed E-state index contributed by atoms with van der Waals surface area (Å²) in [5.41, 5.74) is 2.46. The van der Waals surface area contributed by atoms with Crippen LogP contribution >= 0.6 is 0 Å². The molecule has 1 N–H and O–H groups in total. The van der Waals surface area contributed by atoms with Gasteiger partial charge in [-0.1, -0.05) is 18.2 Å². The number of benzene rings is 1. The minimum Gasteiger partial charge on any atom is -0.453 e. The van der Waals surface area contributed by atoms with Gasteiger partial charge in [0.1, 0.15) is 5.69 Å². The van der Waals surface area contributed by atoms with Crippen molar-refractivity contribution in [2.75, 3.05) is 12.4 Å². The molecule has 7 heteroatoms. The van der Waals surface area contributed by atoms with Crippen LogP contribution in [0.5, 0.6) is 0 Å². The fraction of sp³-hybridized carbons (Fsp3) is 0.0667. The lowest BCUT2D eigenvalue weighted by Crippen LogP contribution is -2.15. The zero-order chi connectivity index (χ0) is 15.5. The highest BCUT2D eigenvalue weighted by Gasteiger charge is 2.14. The molecule has 108 valence electrons. The first-order valence-corrected chi connectivity index (χ1v) is 6.43. The van der Waals surface area contributed by atoms with E-state index >= 15 is 0 Å². The van der Waals surface area contributed by atoms with E-state index in [1.165, 1.54) is 7.11 Å². The summed E-state index contributed by atoms with van der Waals surface area (Å²) < 4.78 is 6.13. The van der Waals surface area contributed by atoms with E-state index in [-0.39, 0.29) is 5.95 Å². The van der Waals surface area contributed by atoms with E-state index in [2.05, 4.69) is 26.2 Å². The number of ether oxygens (including phenoxy) is 1. The summed E-state index contributed by atoms with van der Waals surface area (Å²) in [7, 11) is 1.26. The van der Waals surface area contributed by atoms with Crippen molar-refractivity contribution in [3.05, 3.63) is 48.2 Å². The number of fused-ring (bicyclic) bond motifs is 1. The molecule has 1 amide bonds. The maximum absolute atomic E-state index is 11.4. The topological polar surface area (TPSA) is 92.3 Å². The summed E-state index contributed by atoms with van der Waals surface area (Å²) in [4.78, 5) is 15.7. The van der Waals surface area contributed by atoms with E-state index in [1.54, 1.807) is 28.9 Å². The highest BCUT2D eigenvalue weighted by atomic mass is 16.5. The molecular weight excluding hydrogens is 282 g/mol. The first kappa shape index (κ1) is 13.6. The van der Waals surface area contributed by atoms with E-state index in [0.29, 0.717) is 16.8 Å². The lowest BCUT2D eigenvalue weighted by Gasteiger charge is -2.09. The Balaban J connectivity index is 2.21. The van der Waals surface area contributed by atoms with Gasteiger partial charge in [0.15, 0.2) is 0 Å². The van der Waals surface area contributed by atoms with Crippen molar-refractivity contribution in [3.63, 3.8) is 0 Å². The number of nitriles is 1. The van der Waals surface area contributed by atoms with Gasteiger partial charge in [0.05, 0.1) is 24.3 Å². The molecule has 0 fully saturated rings. The Morgan fingerprint density at radius 3 is 2.91 bits per heavy atom. The predicted octanol–water partition coefficient (Wildman–Crippen LogP) is 2.45. The van der Waals surface area contributed by atoms with Crippen molar-refractivity contribution < 1.29 is 9.53 Å². The molecule has 0 unspecified atom stereocenters. The van der Waals surface area contributed by atoms with Crippen molar-refractivity contribution in [2.24, 2.45) is 0 Å². The first-order valence-electron chi connectivity index (χ1n) is 6.43. The Morgan fingerprint density at radius 1 is 1.32 bits per heavy atom. The molecule has 0 spiro atoms. The van der Waals surface area contributed by atoms with Crippen LogP contribution in [0.4, 0.5) is 10.7 Å². The van der Waals surface area contributed by atoms with Crippen molar-refractivity contribution in [2.45, 2.75) is 0 Å². The van der Waals surface area contributed by atoms with Crippen LogP contribution in [0.1, 0.15) is 5.56 Å². The minimum atomic E-state index is -0.661. The Labute approximate surface area is 125 Å². The van der Waals surface area contributed by atoms with Crippen LogP contribution in [0.2, 0.25) is 0 Å². The average Bonchev–Trinajstić information content (AvgIpc) is 3.02. The van der Waals surface area contributed by atoms with Crippen LogP contribution in [-0.2, 0) is 4.74 Å². The molecule has 0 aliphatic rings. The van der Waals surface area contributed by atoms with Crippen molar-refractivity contribution in [3.8, 4) is 17.3 Å². The highest BCUT2D eigenvalue weighted by Crippen LogP contribution is 2.26. The van der Waals surface area contributed by atoms with E-state index in [0.717, 1.165) is 5.52 Å². The van der Waals surface area contributed by atoms with Gasteiger partial charge in [0, 0.05) is 11.8 Å². The van der Waals surface area contributed by atoms with Crippen molar-refractivity contribution >= 4 is 17.6 Å². The number of carbonyl (C=O) groups is 1. The number of anilines is 1. The molecule has 1 aromatic carbocycles. The van der Waals surface area contributed by atoms with Crippen LogP contribution < -0.4 is 5.32 Å². The van der Waals surface area contributed by atoms with E-state index in [4.69, 9.17) is 0 Å². The number of hydrogen-bond donors (Lipinski definition) is 1. The number of rotatable bonds is 2. The molecule has 0 aliphatic heterocycles. The van der Waals surface area contributed by atoms with Gasteiger partial charge in [-0.25, -0.2) is 14.3 Å². The Morgan fingerprint density at radius 2 is 2.14 bits per heavy atom. The maximum atomic E-state index is 11.4. The standard InChI is InChI=1S/C15H11N5O2/c1-22-15(21)18-14-17-13(12-7-4-8-20(12)19-14)11-6-3-2-5-10(11)9-16/h2-8H,1H3,(H,18,19,21). The predicted molar refractivity (Wildman–Crippen MR) is 79.2 cm³/mol. The van der Waals surface area contributed by atoms with Crippen LogP contribution in [0, 0.1) is 11.3 Å². The summed E-state index contributed by atoms with van der Waals surface area (Å²) in [6.07, 6.45) is 1.07. The number of methoxy groups -OCH3 is 1. The van der Waals surface area contributed by atoms with E-state index in [9.17, 15) is 10.1 Å². The third-order valence-electron chi connectivity index (χ3n) is 3.09. The Kier molecular flexibility index (Phi) is 3.42. The highest BCUT2D eigenvalue weighted by molar-refractivity contribution is 5.85. The molecule has 3 rings (SSSR count). The number of aromatic nitrogens is 3. The van der Waals surface area contributed by atoms with Gasteiger partial charge in [-0.15, -0.1) is 5.10 Å². The molecular formula is C15H11N5O2. The quantitative estimate of drug-likeness (QED) is 0.783. The molecule has 2 heterocycles. The number of hydrogen-bond acceptors (Lipinski definition) is 5. The fourth-order valence-electron chi connectivity index (χ4n) is 2.12. The molecule has 22 heavy (non-hydrogen) atoms. The summed E-state index contributed by atoms with van der Waals surface area (Å²) in [6, 6.07) is 12.9. The lowest BCUT2D eigenvalue weighted by molar-refractivity contribution is 0.186. The molecule has 0 aliphatic carbocycles. The molecule has 0 saturated heterocycles. The smallest absolute Gasteiger partial charge is 0.413 e. The van der Waals surface area contributed by atoms with Crippen LogP contribution in [0.3, 0.4) is 0 Å². The second-order valence-electron chi connectivity index (χ2n) is 4.40. The summed E-state index contributed by atoms with van der Waals surface area (Å²) in [5.74, 6) is 0.0956. The SMILES string of the molecule is COC(=O)Nc1nc(-c2ccccc2C#N)c2cccn2n1. The zero-order valence-electron chi connectivity index (χ0n) is 11.6. The summed E-state index contributed by atoms with van der Waals surface area (Å²) >= 11 is 0. The van der Waals surface area contributed by atoms with Gasteiger partial charge < -0.3 is 4.74 Å². The summed E-state index contributed by atoms with van der Waals surface area (Å²) in [6.45, 7) is 0. The third-order valence-corrected chi connectivity index (χ3v) is 3.09. The number of nitrogens with one attached hydrogen (secondary N) is 1. The van der Waals surface area contributed by atoms with Crippen LogP contribution in [-0.4, -0.2) is 27.8 Å². The van der Waals surface area contributed by atoms with Crippen molar-refractivity contribution in [1.82, 2.24) is 14.6 Å². The van der Waals surface area contributed by atoms with E-state index in [1.807, 2.05) is 18.2 Å². The van der Waals surface area contributed by atoms with Gasteiger partial charge in [0.25, 0.3) is 5.95 Å². The third kappa shape index (κ3) is 2.33. The van der Waals surface area contributed by atoms with Gasteiger partial charge >= 0.3 is 6.09 Å². The minimum absolute atomic E-state index is 0.0956. The lowest BCUT2D eigenvalue weighted by atomic mass is 10.0. The molecule has 0 bridgehead atoms. The van der Waals surface area contributed by atoms with Gasteiger partial charge in [-0.05, 0) is 18.2 Å². The second kappa shape index (κ2) is 5.54. The number of carbonyl (C=O) groups excluding carboxylic acids is 1. The normalized spacial score (nSPS) is 10.2. The molecule has 3 aromatic rings. The molecule has 0 saturated carbocycles. The summed E-state index contributed by atoms with van der Waals surface area (Å²) in [5, 5.41) is 15.9. The van der Waals surface area contributed by atoms with Gasteiger partial charge in [-0.2, -0.15) is 5.26 Å². The average molecular weight is 293 g/mol. The van der Waals surface area contributed by atoms with Gasteiger partial charge in [-0.3, -0.25) is 5.32 Å². The molecule has 2 aromatic heterocycles. The number of amides is 1. The second-order valence-corrected chi connectivity index (χ2v) is 4.40. The number of nitrogens with zero attached hydrogens (tertiary/aromatic N) is 4. The fourth-order valence-corrected chi connectivity index (χ4v) is 2.12. The monoisotopic (exact) mass is 293 g/mol. The van der Waals surface area contributed by atoms with Gasteiger partial charge in [0.2, 0.25) is 0 Å². The van der Waals surface area contributed by atoms with Crippen molar-refractivity contribution in [1.29, 1.82) is 5.26 Å². The Hall–Kier alpha value is -3.40.